The Balaban J connectivity index is 1.62. The highest BCUT2D eigenvalue weighted by Gasteiger charge is 2.37. The SMILES string of the molecule is [2H]C([2H])(F)n1cc(-c2ccc3nc(-c4cccnc4N)n(-c4ccc(CO[Si](C)(C)C(C)(C)C)cc4)c3n2)ccc1=O. The number of nitrogens with two attached hydrogens (primary N) is 1. The van der Waals surface area contributed by atoms with E-state index in [1.807, 2.05) is 34.9 Å². The monoisotopic (exact) mass is 558 g/mol. The van der Waals surface area contributed by atoms with Gasteiger partial charge in [-0.15, -0.1) is 0 Å². The first-order chi connectivity index (χ1) is 19.7. The molecule has 0 aliphatic heterocycles. The first-order valence-electron chi connectivity index (χ1n) is 13.9. The van der Waals surface area contributed by atoms with Crippen LogP contribution in [0.15, 0.2) is 77.9 Å². The lowest BCUT2D eigenvalue weighted by molar-refractivity contribution is 0.276. The van der Waals surface area contributed by atoms with E-state index in [-0.39, 0.29) is 5.04 Å². The normalized spacial score (nSPS) is 13.3. The average Bonchev–Trinajstić information content (AvgIpc) is 3.30. The number of nitrogens with zero attached hydrogens (tertiary/aromatic N) is 5. The van der Waals surface area contributed by atoms with Crippen molar-refractivity contribution < 1.29 is 11.6 Å². The molecule has 0 radical (unpaired) electrons. The van der Waals surface area contributed by atoms with E-state index in [1.54, 1.807) is 24.4 Å². The minimum Gasteiger partial charge on any atom is -0.413 e. The second kappa shape index (κ2) is 10.4. The quantitative estimate of drug-likeness (QED) is 0.234. The van der Waals surface area contributed by atoms with E-state index in [0.29, 0.717) is 50.8 Å². The zero-order chi connectivity index (χ0) is 30.4. The van der Waals surface area contributed by atoms with E-state index >= 15 is 0 Å². The number of nitrogen functional groups attached to an aromatic ring is 1. The van der Waals surface area contributed by atoms with Crippen molar-refractivity contribution in [3.05, 3.63) is 89.0 Å². The first-order valence-corrected chi connectivity index (χ1v) is 15.8. The van der Waals surface area contributed by atoms with Gasteiger partial charge in [-0.1, -0.05) is 32.9 Å². The second-order valence-electron chi connectivity index (χ2n) is 11.2. The number of hydrogen-bond acceptors (Lipinski definition) is 6. The van der Waals surface area contributed by atoms with Gasteiger partial charge in [0.15, 0.2) is 26.5 Å². The summed E-state index contributed by atoms with van der Waals surface area (Å²) < 4.78 is 37.5. The molecular weight excluding hydrogens is 523 g/mol. The van der Waals surface area contributed by atoms with Gasteiger partial charge in [0.2, 0.25) is 0 Å². The molecule has 0 spiro atoms. The largest absolute Gasteiger partial charge is 0.413 e. The lowest BCUT2D eigenvalue weighted by Gasteiger charge is -2.36. The van der Waals surface area contributed by atoms with Crippen molar-refractivity contribution in [2.24, 2.45) is 0 Å². The Morgan fingerprint density at radius 2 is 1.80 bits per heavy atom. The van der Waals surface area contributed by atoms with Crippen LogP contribution in [-0.2, 0) is 17.8 Å². The zero-order valence-corrected chi connectivity index (χ0v) is 24.1. The highest BCUT2D eigenvalue weighted by Crippen LogP contribution is 2.37. The molecule has 0 fully saturated rings. The molecule has 40 heavy (non-hydrogen) atoms. The number of halogens is 1. The third-order valence-corrected chi connectivity index (χ3v) is 12.0. The standard InChI is InChI=1S/C30H33FN6O2Si/c1-30(2,3)40(4,5)39-18-20-8-11-22(12-9-20)37-28(23-7-6-16-33-27(23)32)35-25-14-13-24(34-29(25)37)21-10-15-26(38)36(17-21)19-31/h6-17H,18-19H2,1-5H3,(H2,32,33)/i19D2. The number of alkyl halides is 1. The van der Waals surface area contributed by atoms with Crippen LogP contribution in [0.2, 0.25) is 18.1 Å². The van der Waals surface area contributed by atoms with Gasteiger partial charge in [0.1, 0.15) is 11.3 Å². The molecule has 0 bridgehead atoms. The summed E-state index contributed by atoms with van der Waals surface area (Å²) in [6.45, 7) is 8.22. The van der Waals surface area contributed by atoms with Crippen LogP contribution < -0.4 is 11.3 Å². The smallest absolute Gasteiger partial charge is 0.252 e. The molecule has 2 N–H and O–H groups in total. The van der Waals surface area contributed by atoms with E-state index in [9.17, 15) is 9.18 Å². The summed E-state index contributed by atoms with van der Waals surface area (Å²) in [6.07, 6.45) is 2.73. The molecule has 10 heteroatoms. The maximum atomic E-state index is 14.1. The molecule has 5 aromatic rings. The number of hydrogen-bond donors (Lipinski definition) is 1. The predicted molar refractivity (Wildman–Crippen MR) is 159 cm³/mol. The summed E-state index contributed by atoms with van der Waals surface area (Å²) in [6, 6.07) is 17.6. The van der Waals surface area contributed by atoms with E-state index in [1.165, 1.54) is 6.07 Å². The van der Waals surface area contributed by atoms with Crippen molar-refractivity contribution in [2.75, 3.05) is 5.73 Å². The van der Waals surface area contributed by atoms with Crippen molar-refractivity contribution in [2.45, 2.75) is 52.3 Å². The Bertz CT molecular complexity index is 1830. The highest BCUT2D eigenvalue weighted by atomic mass is 28.4. The molecule has 1 aromatic carbocycles. The minimum absolute atomic E-state index is 0.102. The van der Waals surface area contributed by atoms with Crippen molar-refractivity contribution in [1.82, 2.24) is 24.1 Å². The van der Waals surface area contributed by atoms with Crippen LogP contribution in [0.3, 0.4) is 0 Å². The van der Waals surface area contributed by atoms with Gasteiger partial charge in [0.25, 0.3) is 5.56 Å². The molecule has 0 unspecified atom stereocenters. The maximum Gasteiger partial charge on any atom is 0.252 e. The molecule has 4 aromatic heterocycles. The molecule has 0 atom stereocenters. The molecule has 5 rings (SSSR count). The molecule has 8 nitrogen and oxygen atoms in total. The molecule has 4 heterocycles. The Morgan fingerprint density at radius 3 is 2.48 bits per heavy atom. The van der Waals surface area contributed by atoms with Crippen molar-refractivity contribution in [3.63, 3.8) is 0 Å². The van der Waals surface area contributed by atoms with Crippen molar-refractivity contribution in [3.8, 4) is 28.3 Å². The summed E-state index contributed by atoms with van der Waals surface area (Å²) >= 11 is 0. The molecule has 0 aliphatic carbocycles. The van der Waals surface area contributed by atoms with Gasteiger partial charge in [-0.05, 0) is 66.2 Å². The van der Waals surface area contributed by atoms with Gasteiger partial charge < -0.3 is 10.2 Å². The first kappa shape index (κ1) is 24.9. The predicted octanol–water partition coefficient (Wildman–Crippen LogP) is 6.34. The number of rotatable bonds is 7. The summed E-state index contributed by atoms with van der Waals surface area (Å²) in [5.41, 5.74) is 9.74. The van der Waals surface area contributed by atoms with Crippen LogP contribution in [0.5, 0.6) is 0 Å². The second-order valence-corrected chi connectivity index (χ2v) is 16.0. The van der Waals surface area contributed by atoms with Gasteiger partial charge in [-0.3, -0.25) is 13.9 Å². The topological polar surface area (TPSA) is 101 Å². The fourth-order valence-electron chi connectivity index (χ4n) is 4.08. The minimum atomic E-state index is -3.36. The fraction of sp³-hybridized carbons (Fsp3) is 0.267. The third kappa shape index (κ3) is 5.19. The van der Waals surface area contributed by atoms with Gasteiger partial charge in [-0.25, -0.2) is 19.3 Å². The van der Waals surface area contributed by atoms with Gasteiger partial charge in [0, 0.05) is 29.7 Å². The van der Waals surface area contributed by atoms with Crippen LogP contribution in [-0.4, -0.2) is 32.4 Å². The Labute approximate surface area is 236 Å². The number of anilines is 1. The number of benzene rings is 1. The third-order valence-electron chi connectivity index (χ3n) is 7.48. The number of pyridine rings is 3. The lowest BCUT2D eigenvalue weighted by atomic mass is 10.2. The summed E-state index contributed by atoms with van der Waals surface area (Å²) in [7, 11) is -1.92. The summed E-state index contributed by atoms with van der Waals surface area (Å²) in [5, 5.41) is 0.102. The summed E-state index contributed by atoms with van der Waals surface area (Å²) in [5.74, 6) is 0.849. The van der Waals surface area contributed by atoms with Gasteiger partial charge in [0.05, 0.1) is 20.6 Å². The van der Waals surface area contributed by atoms with Gasteiger partial charge >= 0.3 is 0 Å². The van der Waals surface area contributed by atoms with Crippen LogP contribution in [0.1, 0.15) is 29.1 Å². The van der Waals surface area contributed by atoms with Crippen LogP contribution in [0.25, 0.3) is 39.5 Å². The van der Waals surface area contributed by atoms with Crippen molar-refractivity contribution >= 4 is 25.3 Å². The zero-order valence-electron chi connectivity index (χ0n) is 25.1. The van der Waals surface area contributed by atoms with Gasteiger partial charge in [-0.2, -0.15) is 0 Å². The Morgan fingerprint density at radius 1 is 1.05 bits per heavy atom. The molecule has 0 amide bonds. The number of fused-ring (bicyclic) bond motifs is 1. The van der Waals surface area contributed by atoms with E-state index < -0.39 is 20.6 Å². The van der Waals surface area contributed by atoms with Crippen LogP contribution in [0.4, 0.5) is 10.2 Å². The lowest BCUT2D eigenvalue weighted by Crippen LogP contribution is -2.40. The average molecular weight is 559 g/mol. The summed E-state index contributed by atoms with van der Waals surface area (Å²) in [4.78, 5) is 26.0. The molecule has 0 aliphatic rings. The number of aromatic nitrogens is 5. The maximum absolute atomic E-state index is 14.1. The van der Waals surface area contributed by atoms with Crippen molar-refractivity contribution in [1.29, 1.82) is 0 Å². The molecule has 0 saturated carbocycles. The molecule has 206 valence electrons. The molecule has 0 saturated heterocycles. The Kier molecular flexibility index (Phi) is 6.49. The van der Waals surface area contributed by atoms with Crippen LogP contribution >= 0.6 is 0 Å². The van der Waals surface area contributed by atoms with Crippen LogP contribution in [0, 0.1) is 0 Å². The Hall–Kier alpha value is -4.15. The van der Waals surface area contributed by atoms with E-state index in [2.05, 4.69) is 38.8 Å². The van der Waals surface area contributed by atoms with E-state index in [4.69, 9.17) is 22.9 Å². The highest BCUT2D eigenvalue weighted by molar-refractivity contribution is 6.74. The number of imidazole rings is 1. The molecular formula is C30H33FN6O2Si. The fourth-order valence-corrected chi connectivity index (χ4v) is 5.04. The van der Waals surface area contributed by atoms with E-state index in [0.717, 1.165) is 23.5 Å².